The molecular formula is C29H34N6O3S. The van der Waals surface area contributed by atoms with Crippen molar-refractivity contribution in [3.8, 4) is 0 Å². The molecule has 2 atom stereocenters. The van der Waals surface area contributed by atoms with Crippen LogP contribution in [0, 0.1) is 0 Å². The number of hydrogen-bond donors (Lipinski definition) is 6. The number of carbonyl (C=O) groups is 3. The Bertz CT molecular complexity index is 1490. The molecule has 10 heteroatoms. The van der Waals surface area contributed by atoms with E-state index >= 15 is 0 Å². The highest BCUT2D eigenvalue weighted by molar-refractivity contribution is 7.17. The molecule has 0 unspecified atom stereocenters. The van der Waals surface area contributed by atoms with Crippen LogP contribution in [-0.4, -0.2) is 53.5 Å². The second-order valence-corrected chi connectivity index (χ2v) is 11.1. The average Bonchev–Trinajstić information content (AvgIpc) is 3.52. The Labute approximate surface area is 230 Å². The van der Waals surface area contributed by atoms with Crippen LogP contribution in [0.5, 0.6) is 0 Å². The summed E-state index contributed by atoms with van der Waals surface area (Å²) in [6.45, 7) is 2.71. The topological polar surface area (TPSA) is 141 Å². The highest BCUT2D eigenvalue weighted by atomic mass is 32.1. The van der Waals surface area contributed by atoms with Crippen LogP contribution in [0.2, 0.25) is 0 Å². The van der Waals surface area contributed by atoms with E-state index in [1.54, 1.807) is 11.3 Å². The Kier molecular flexibility index (Phi) is 7.97. The molecule has 1 aliphatic heterocycles. The quantitative estimate of drug-likeness (QED) is 0.179. The van der Waals surface area contributed by atoms with Gasteiger partial charge in [0.25, 0.3) is 0 Å². The average molecular weight is 547 g/mol. The second-order valence-electron chi connectivity index (χ2n) is 10.2. The van der Waals surface area contributed by atoms with Gasteiger partial charge in [-0.3, -0.25) is 14.4 Å². The van der Waals surface area contributed by atoms with Crippen LogP contribution >= 0.6 is 11.3 Å². The number of hydrogen-bond acceptors (Lipinski definition) is 6. The lowest BCUT2D eigenvalue weighted by atomic mass is 9.88. The Morgan fingerprint density at radius 1 is 0.949 bits per heavy atom. The van der Waals surface area contributed by atoms with Gasteiger partial charge in [0, 0.05) is 41.6 Å². The van der Waals surface area contributed by atoms with Gasteiger partial charge in [-0.1, -0.05) is 36.4 Å². The standard InChI is InChI=1S/C29H34N6O3S/c1-18(36)33-26(15-19-16-32-23-8-4-2-6-21(19)23)35-27(37)24(34-28(38)29(30)10-12-31-13-11-29)14-20-17-39-25-9-5-3-7-22(20)25/h2-9,16-17,24,26,31-32H,10-15,30H2,1H3,(H,33,36)(H,34,38)(H,35,37)/t24-,26-/m1/s1. The molecule has 0 radical (unpaired) electrons. The van der Waals surface area contributed by atoms with Crippen molar-refractivity contribution in [3.05, 3.63) is 71.2 Å². The number of aromatic nitrogens is 1. The molecular weight excluding hydrogens is 512 g/mol. The molecule has 204 valence electrons. The number of nitrogens with two attached hydrogens (primary N) is 1. The van der Waals surface area contributed by atoms with E-state index in [9.17, 15) is 14.4 Å². The fourth-order valence-corrected chi connectivity index (χ4v) is 6.17. The minimum absolute atomic E-state index is 0.264. The van der Waals surface area contributed by atoms with Gasteiger partial charge in [-0.25, -0.2) is 0 Å². The zero-order chi connectivity index (χ0) is 27.4. The van der Waals surface area contributed by atoms with Crippen molar-refractivity contribution in [2.45, 2.75) is 50.4 Å². The van der Waals surface area contributed by atoms with Crippen molar-refractivity contribution < 1.29 is 14.4 Å². The van der Waals surface area contributed by atoms with Crippen molar-refractivity contribution in [1.82, 2.24) is 26.3 Å². The molecule has 2 aromatic carbocycles. The van der Waals surface area contributed by atoms with Gasteiger partial charge in [0.05, 0.1) is 5.54 Å². The molecule has 4 aromatic rings. The zero-order valence-electron chi connectivity index (χ0n) is 21.9. The summed E-state index contributed by atoms with van der Waals surface area (Å²) in [4.78, 5) is 42.5. The third kappa shape index (κ3) is 6.13. The number of nitrogens with one attached hydrogen (secondary N) is 5. The summed E-state index contributed by atoms with van der Waals surface area (Å²) in [6.07, 6.45) is 2.88. The maximum absolute atomic E-state index is 13.8. The molecule has 0 saturated carbocycles. The predicted molar refractivity (Wildman–Crippen MR) is 154 cm³/mol. The van der Waals surface area contributed by atoms with E-state index in [1.807, 2.05) is 60.1 Å². The molecule has 1 saturated heterocycles. The fourth-order valence-electron chi connectivity index (χ4n) is 5.20. The summed E-state index contributed by atoms with van der Waals surface area (Å²) in [5.41, 5.74) is 8.35. The van der Waals surface area contributed by atoms with Crippen LogP contribution in [0.1, 0.15) is 30.9 Å². The number of piperidine rings is 1. The number of fused-ring (bicyclic) bond motifs is 2. The molecule has 3 heterocycles. The van der Waals surface area contributed by atoms with Crippen LogP contribution < -0.4 is 27.0 Å². The van der Waals surface area contributed by atoms with Crippen molar-refractivity contribution in [1.29, 1.82) is 0 Å². The summed E-state index contributed by atoms with van der Waals surface area (Å²) < 4.78 is 1.11. The zero-order valence-corrected chi connectivity index (χ0v) is 22.7. The van der Waals surface area contributed by atoms with Crippen LogP contribution in [0.15, 0.2) is 60.1 Å². The summed E-state index contributed by atoms with van der Waals surface area (Å²) in [5.74, 6) is -0.980. The number of para-hydroxylation sites is 1. The van der Waals surface area contributed by atoms with Crippen LogP contribution in [0.4, 0.5) is 0 Å². The molecule has 1 aliphatic rings. The third-order valence-electron chi connectivity index (χ3n) is 7.35. The Morgan fingerprint density at radius 3 is 2.44 bits per heavy atom. The number of rotatable bonds is 9. The first-order chi connectivity index (χ1) is 18.8. The summed E-state index contributed by atoms with van der Waals surface area (Å²) in [6, 6.07) is 15.0. The van der Waals surface area contributed by atoms with Gasteiger partial charge in [-0.2, -0.15) is 0 Å². The van der Waals surface area contributed by atoms with Crippen molar-refractivity contribution in [2.75, 3.05) is 13.1 Å². The van der Waals surface area contributed by atoms with E-state index in [-0.39, 0.29) is 17.7 Å². The number of carbonyl (C=O) groups excluding carboxylic acids is 3. The molecule has 0 spiro atoms. The lowest BCUT2D eigenvalue weighted by molar-refractivity contribution is -0.133. The Morgan fingerprint density at radius 2 is 1.67 bits per heavy atom. The fraction of sp³-hybridized carbons (Fsp3) is 0.345. The van der Waals surface area contributed by atoms with Crippen molar-refractivity contribution in [2.24, 2.45) is 5.73 Å². The molecule has 9 nitrogen and oxygen atoms in total. The monoisotopic (exact) mass is 546 g/mol. The molecule has 5 rings (SSSR count). The predicted octanol–water partition coefficient (Wildman–Crippen LogP) is 2.31. The largest absolute Gasteiger partial charge is 0.361 e. The molecule has 2 aromatic heterocycles. The van der Waals surface area contributed by atoms with Gasteiger partial charge in [0.2, 0.25) is 17.7 Å². The maximum atomic E-state index is 13.8. The van der Waals surface area contributed by atoms with Gasteiger partial charge in [-0.15, -0.1) is 11.3 Å². The molecule has 3 amide bonds. The highest BCUT2D eigenvalue weighted by Gasteiger charge is 2.38. The molecule has 7 N–H and O–H groups in total. The minimum Gasteiger partial charge on any atom is -0.361 e. The van der Waals surface area contributed by atoms with Gasteiger partial charge in [0.1, 0.15) is 12.2 Å². The number of aromatic amines is 1. The molecule has 0 aliphatic carbocycles. The number of thiophene rings is 1. The molecule has 39 heavy (non-hydrogen) atoms. The first kappa shape index (κ1) is 26.9. The number of amides is 3. The van der Waals surface area contributed by atoms with Gasteiger partial charge < -0.3 is 32.0 Å². The summed E-state index contributed by atoms with van der Waals surface area (Å²) in [5, 5.41) is 16.1. The van der Waals surface area contributed by atoms with E-state index in [0.717, 1.165) is 32.1 Å². The summed E-state index contributed by atoms with van der Waals surface area (Å²) >= 11 is 1.60. The minimum atomic E-state index is -1.04. The van der Waals surface area contributed by atoms with Crippen LogP contribution in [0.3, 0.4) is 0 Å². The number of benzene rings is 2. The first-order valence-electron chi connectivity index (χ1n) is 13.2. The SMILES string of the molecule is CC(=O)N[C@@H](Cc1c[nH]c2ccccc12)NC(=O)[C@@H](Cc1csc2ccccc12)NC(=O)C1(N)CCNCC1. The first-order valence-corrected chi connectivity index (χ1v) is 14.1. The number of H-pyrrole nitrogens is 1. The van der Waals surface area contributed by atoms with Gasteiger partial charge in [-0.05, 0) is 60.0 Å². The van der Waals surface area contributed by atoms with E-state index in [2.05, 4.69) is 26.3 Å². The van der Waals surface area contributed by atoms with Crippen molar-refractivity contribution >= 4 is 50.0 Å². The Hall–Kier alpha value is -3.73. The highest BCUT2D eigenvalue weighted by Crippen LogP contribution is 2.27. The molecule has 1 fully saturated rings. The smallest absolute Gasteiger partial charge is 0.244 e. The van der Waals surface area contributed by atoms with E-state index in [4.69, 9.17) is 5.73 Å². The van der Waals surface area contributed by atoms with Crippen LogP contribution in [-0.2, 0) is 27.2 Å². The summed E-state index contributed by atoms with van der Waals surface area (Å²) in [7, 11) is 0. The van der Waals surface area contributed by atoms with Gasteiger partial charge in [0.15, 0.2) is 0 Å². The van der Waals surface area contributed by atoms with E-state index in [0.29, 0.717) is 38.8 Å². The lowest BCUT2D eigenvalue weighted by Gasteiger charge is -2.34. The normalized spacial score (nSPS) is 16.5. The van der Waals surface area contributed by atoms with Crippen molar-refractivity contribution in [3.63, 3.8) is 0 Å². The van der Waals surface area contributed by atoms with Crippen LogP contribution in [0.25, 0.3) is 21.0 Å². The van der Waals surface area contributed by atoms with E-state index < -0.39 is 17.7 Å². The maximum Gasteiger partial charge on any atom is 0.244 e. The second kappa shape index (κ2) is 11.6. The molecule has 0 bridgehead atoms. The Balaban J connectivity index is 1.39. The third-order valence-corrected chi connectivity index (χ3v) is 8.36. The lowest BCUT2D eigenvalue weighted by Crippen LogP contribution is -2.63. The van der Waals surface area contributed by atoms with E-state index in [1.165, 1.54) is 6.92 Å². The van der Waals surface area contributed by atoms with Gasteiger partial charge >= 0.3 is 0 Å².